The van der Waals surface area contributed by atoms with Crippen LogP contribution in [0.5, 0.6) is 11.5 Å². The molecule has 1 fully saturated rings. The lowest BCUT2D eigenvalue weighted by molar-refractivity contribution is -0.144. The van der Waals surface area contributed by atoms with Gasteiger partial charge in [-0.3, -0.25) is 4.79 Å². The second kappa shape index (κ2) is 9.15. The molecule has 0 aromatic heterocycles. The second-order valence-corrected chi connectivity index (χ2v) is 7.88. The molecule has 1 atom stereocenters. The zero-order valence-electron chi connectivity index (χ0n) is 15.5. The van der Waals surface area contributed by atoms with E-state index in [-0.39, 0.29) is 11.7 Å². The van der Waals surface area contributed by atoms with Gasteiger partial charge in [0.2, 0.25) is 0 Å². The number of carbonyl (C=O) groups is 2. The highest BCUT2D eigenvalue weighted by atomic mass is 79.9. The second-order valence-electron chi connectivity index (χ2n) is 5.94. The number of thioether (sulfide) groups is 1. The van der Waals surface area contributed by atoms with Crippen LogP contribution in [0.2, 0.25) is 0 Å². The highest BCUT2D eigenvalue weighted by Crippen LogP contribution is 2.36. The smallest absolute Gasteiger partial charge is 0.344 e. The van der Waals surface area contributed by atoms with Crippen LogP contribution in [-0.2, 0) is 9.59 Å². The van der Waals surface area contributed by atoms with Crippen LogP contribution in [0.1, 0.15) is 12.5 Å². The van der Waals surface area contributed by atoms with Crippen molar-refractivity contribution in [2.75, 3.05) is 7.11 Å². The molecule has 9 heteroatoms. The van der Waals surface area contributed by atoms with E-state index in [2.05, 4.69) is 26.2 Å². The number of aliphatic carboxylic acids is 1. The van der Waals surface area contributed by atoms with Gasteiger partial charge in [-0.05, 0) is 55.1 Å². The van der Waals surface area contributed by atoms with Crippen LogP contribution >= 0.6 is 27.7 Å². The predicted molar refractivity (Wildman–Crippen MR) is 116 cm³/mol. The number of ether oxygens (including phenoxy) is 2. The van der Waals surface area contributed by atoms with Gasteiger partial charge in [0, 0.05) is 10.0 Å². The molecular formula is C20H17BrN2O5S. The molecule has 2 aromatic rings. The number of halogens is 1. The molecule has 2 aromatic carbocycles. The predicted octanol–water partition coefficient (Wildman–Crippen LogP) is 4.20. The maximum absolute atomic E-state index is 12.4. The standard InChI is InChI=1S/C20H17BrN2O5S/c1-11(19(25)26)28-17-12(4-3-5-15(17)27-2)10-16-18(24)23-20(29-16)22-14-8-6-13(21)7-9-14/h3-11H,1-2H3,(H,25,26)(H,22,23,24)/b16-10-/t11-/m1/s1. The Morgan fingerprint density at radius 2 is 2.00 bits per heavy atom. The number of carboxylic acid groups (broad SMARTS) is 1. The Bertz CT molecular complexity index is 1000. The fraction of sp³-hybridized carbons (Fsp3) is 0.150. The quantitative estimate of drug-likeness (QED) is 0.606. The number of amides is 1. The molecule has 0 spiro atoms. The normalized spacial score (nSPS) is 17.3. The zero-order chi connectivity index (χ0) is 21.0. The van der Waals surface area contributed by atoms with Crippen LogP contribution in [0.25, 0.3) is 6.08 Å². The van der Waals surface area contributed by atoms with E-state index < -0.39 is 12.1 Å². The summed E-state index contributed by atoms with van der Waals surface area (Å²) in [6.07, 6.45) is 0.541. The summed E-state index contributed by atoms with van der Waals surface area (Å²) >= 11 is 4.55. The van der Waals surface area contributed by atoms with Gasteiger partial charge in [-0.2, -0.15) is 0 Å². The molecule has 0 bridgehead atoms. The highest BCUT2D eigenvalue weighted by Gasteiger charge is 2.25. The van der Waals surface area contributed by atoms with Crippen molar-refractivity contribution in [1.82, 2.24) is 5.32 Å². The van der Waals surface area contributed by atoms with Crippen LogP contribution in [-0.4, -0.2) is 35.4 Å². The Morgan fingerprint density at radius 1 is 1.28 bits per heavy atom. The largest absolute Gasteiger partial charge is 0.493 e. The Balaban J connectivity index is 1.90. The third-order valence-electron chi connectivity index (χ3n) is 3.87. The van der Waals surface area contributed by atoms with Gasteiger partial charge in [-0.1, -0.05) is 28.1 Å². The van der Waals surface area contributed by atoms with Crippen LogP contribution in [0.3, 0.4) is 0 Å². The topological polar surface area (TPSA) is 97.2 Å². The summed E-state index contributed by atoms with van der Waals surface area (Å²) in [7, 11) is 1.46. The molecular weight excluding hydrogens is 460 g/mol. The van der Waals surface area contributed by atoms with Gasteiger partial charge in [0.15, 0.2) is 22.8 Å². The van der Waals surface area contributed by atoms with Crippen molar-refractivity contribution in [1.29, 1.82) is 0 Å². The fourth-order valence-electron chi connectivity index (χ4n) is 2.42. The van der Waals surface area contributed by atoms with E-state index in [0.29, 0.717) is 27.1 Å². The van der Waals surface area contributed by atoms with Crippen LogP contribution in [0, 0.1) is 0 Å². The van der Waals surface area contributed by atoms with Gasteiger partial charge in [0.05, 0.1) is 17.7 Å². The number of benzene rings is 2. The van der Waals surface area contributed by atoms with Crippen LogP contribution in [0.15, 0.2) is 56.8 Å². The number of carbonyl (C=O) groups excluding carboxylic acids is 1. The number of nitrogens with zero attached hydrogens (tertiary/aromatic N) is 1. The van der Waals surface area contributed by atoms with Crippen molar-refractivity contribution in [2.24, 2.45) is 4.99 Å². The van der Waals surface area contributed by atoms with E-state index in [1.165, 1.54) is 25.8 Å². The van der Waals surface area contributed by atoms with E-state index in [0.717, 1.165) is 4.47 Å². The molecule has 0 aliphatic carbocycles. The summed E-state index contributed by atoms with van der Waals surface area (Å²) in [6, 6.07) is 12.5. The lowest BCUT2D eigenvalue weighted by atomic mass is 10.1. The van der Waals surface area contributed by atoms with Gasteiger partial charge in [0.25, 0.3) is 5.91 Å². The zero-order valence-corrected chi connectivity index (χ0v) is 17.9. The van der Waals surface area contributed by atoms with Gasteiger partial charge < -0.3 is 19.9 Å². The molecule has 0 unspecified atom stereocenters. The minimum absolute atomic E-state index is 0.254. The van der Waals surface area contributed by atoms with Crippen LogP contribution < -0.4 is 14.8 Å². The van der Waals surface area contributed by atoms with Gasteiger partial charge in [-0.25, -0.2) is 9.79 Å². The number of carboxylic acids is 1. The number of hydrogen-bond donors (Lipinski definition) is 2. The minimum atomic E-state index is -1.11. The maximum Gasteiger partial charge on any atom is 0.344 e. The van der Waals surface area contributed by atoms with Crippen molar-refractivity contribution >= 4 is 56.5 Å². The summed E-state index contributed by atoms with van der Waals surface area (Å²) in [6.45, 7) is 1.42. The van der Waals surface area contributed by atoms with E-state index in [1.54, 1.807) is 24.3 Å². The van der Waals surface area contributed by atoms with Crippen molar-refractivity contribution in [3.05, 3.63) is 57.4 Å². The molecule has 3 rings (SSSR count). The maximum atomic E-state index is 12.4. The highest BCUT2D eigenvalue weighted by molar-refractivity contribution is 9.10. The summed E-state index contributed by atoms with van der Waals surface area (Å²) in [5.74, 6) is -0.777. The number of nitrogens with one attached hydrogen (secondary N) is 1. The van der Waals surface area contributed by atoms with Gasteiger partial charge >= 0.3 is 5.97 Å². The molecule has 1 saturated heterocycles. The summed E-state index contributed by atoms with van der Waals surface area (Å²) in [5, 5.41) is 12.3. The fourth-order valence-corrected chi connectivity index (χ4v) is 3.51. The Labute approximate surface area is 179 Å². The van der Waals surface area contributed by atoms with E-state index in [9.17, 15) is 9.59 Å². The molecule has 1 amide bonds. The summed E-state index contributed by atoms with van der Waals surface area (Å²) in [5.41, 5.74) is 1.23. The number of aliphatic imine (C=N–C) groups is 1. The SMILES string of the molecule is COc1cccc(/C=C2\SC(=Nc3ccc(Br)cc3)NC2=O)c1O[C@H](C)C(=O)O. The number of para-hydroxylation sites is 1. The van der Waals surface area contributed by atoms with Crippen molar-refractivity contribution in [3.63, 3.8) is 0 Å². The Kier molecular flexibility index (Phi) is 6.60. The minimum Gasteiger partial charge on any atom is -0.493 e. The molecule has 1 aliphatic rings. The van der Waals surface area contributed by atoms with E-state index in [1.807, 2.05) is 24.3 Å². The van der Waals surface area contributed by atoms with Gasteiger partial charge in [0.1, 0.15) is 0 Å². The van der Waals surface area contributed by atoms with E-state index in [4.69, 9.17) is 14.6 Å². The van der Waals surface area contributed by atoms with E-state index >= 15 is 0 Å². The first kappa shape index (κ1) is 20.9. The Hall–Kier alpha value is -2.78. The molecule has 7 nitrogen and oxygen atoms in total. The average molecular weight is 477 g/mol. The monoisotopic (exact) mass is 476 g/mol. The lowest BCUT2D eigenvalue weighted by Crippen LogP contribution is -2.23. The third-order valence-corrected chi connectivity index (χ3v) is 5.30. The molecule has 29 heavy (non-hydrogen) atoms. The summed E-state index contributed by atoms with van der Waals surface area (Å²) in [4.78, 5) is 28.4. The van der Waals surface area contributed by atoms with Gasteiger partial charge in [-0.15, -0.1) is 0 Å². The first-order chi connectivity index (χ1) is 13.9. The van der Waals surface area contributed by atoms with Crippen LogP contribution in [0.4, 0.5) is 5.69 Å². The van der Waals surface area contributed by atoms with Crippen molar-refractivity contribution in [2.45, 2.75) is 13.0 Å². The average Bonchev–Trinajstić information content (AvgIpc) is 3.03. The molecule has 0 radical (unpaired) electrons. The number of hydrogen-bond acceptors (Lipinski definition) is 6. The number of rotatable bonds is 6. The number of methoxy groups -OCH3 is 1. The molecule has 1 heterocycles. The first-order valence-electron chi connectivity index (χ1n) is 8.49. The molecule has 1 aliphatic heterocycles. The lowest BCUT2D eigenvalue weighted by Gasteiger charge is -2.16. The molecule has 0 saturated carbocycles. The third kappa shape index (κ3) is 5.18. The molecule has 150 valence electrons. The summed E-state index contributed by atoms with van der Waals surface area (Å²) < 4.78 is 11.8. The van der Waals surface area contributed by atoms with Crippen molar-refractivity contribution in [3.8, 4) is 11.5 Å². The van der Waals surface area contributed by atoms with Crippen molar-refractivity contribution < 1.29 is 24.2 Å². The first-order valence-corrected chi connectivity index (χ1v) is 10.1. The molecule has 2 N–H and O–H groups in total. The number of amidine groups is 1. The Morgan fingerprint density at radius 3 is 2.66 bits per heavy atom.